The van der Waals surface area contributed by atoms with E-state index in [-0.39, 0.29) is 24.2 Å². The van der Waals surface area contributed by atoms with Crippen LogP contribution >= 0.6 is 0 Å². The molecule has 2 rings (SSSR count). The smallest absolute Gasteiger partial charge is 0.308 e. The topological polar surface area (TPSA) is 110 Å². The van der Waals surface area contributed by atoms with Crippen molar-refractivity contribution < 1.29 is 19.6 Å². The number of aryl methyl sites for hydroxylation is 2. The molecule has 0 aliphatic rings. The molecule has 7 nitrogen and oxygen atoms in total. The second-order valence-electron chi connectivity index (χ2n) is 6.15. The van der Waals surface area contributed by atoms with Gasteiger partial charge in [0, 0.05) is 23.7 Å². The van der Waals surface area contributed by atoms with Gasteiger partial charge in [-0.25, -0.2) is 0 Å². The second kappa shape index (κ2) is 8.24. The lowest BCUT2D eigenvalue weighted by molar-refractivity contribution is -0.385. The fourth-order valence-corrected chi connectivity index (χ4v) is 2.74. The Kier molecular flexibility index (Phi) is 6.06. The van der Waals surface area contributed by atoms with Crippen molar-refractivity contribution in [1.29, 1.82) is 0 Å². The summed E-state index contributed by atoms with van der Waals surface area (Å²) in [4.78, 5) is 34.4. The lowest BCUT2D eigenvalue weighted by Crippen LogP contribution is -2.34. The van der Waals surface area contributed by atoms with Crippen molar-refractivity contribution >= 4 is 17.6 Å². The molecule has 7 heteroatoms. The predicted molar refractivity (Wildman–Crippen MR) is 96.2 cm³/mol. The van der Waals surface area contributed by atoms with Gasteiger partial charge in [0.2, 0.25) is 0 Å². The minimum Gasteiger partial charge on any atom is -0.481 e. The minimum absolute atomic E-state index is 0.0653. The SMILES string of the molecule is Cc1cc(C)c([N+](=O)[O-])cc1C(=O)NCC(Cc1ccccc1)C(=O)O. The molecule has 2 aromatic rings. The number of amides is 1. The van der Waals surface area contributed by atoms with Gasteiger partial charge in [-0.05, 0) is 37.5 Å². The van der Waals surface area contributed by atoms with Gasteiger partial charge in [0.1, 0.15) is 0 Å². The Hall–Kier alpha value is -3.22. The maximum atomic E-state index is 12.4. The molecule has 2 aromatic carbocycles. The van der Waals surface area contributed by atoms with Crippen LogP contribution in [0.1, 0.15) is 27.0 Å². The van der Waals surface area contributed by atoms with Crippen molar-refractivity contribution in [2.45, 2.75) is 20.3 Å². The van der Waals surface area contributed by atoms with Crippen LogP contribution in [0.4, 0.5) is 5.69 Å². The number of hydrogen-bond donors (Lipinski definition) is 2. The molecule has 0 fully saturated rings. The van der Waals surface area contributed by atoms with Crippen LogP contribution in [0.2, 0.25) is 0 Å². The fourth-order valence-electron chi connectivity index (χ4n) is 2.74. The molecule has 26 heavy (non-hydrogen) atoms. The molecule has 0 aromatic heterocycles. The van der Waals surface area contributed by atoms with Crippen LogP contribution in [0.25, 0.3) is 0 Å². The summed E-state index contributed by atoms with van der Waals surface area (Å²) in [6, 6.07) is 11.9. The summed E-state index contributed by atoms with van der Waals surface area (Å²) < 4.78 is 0. The van der Waals surface area contributed by atoms with Crippen molar-refractivity contribution in [3.63, 3.8) is 0 Å². The fraction of sp³-hybridized carbons (Fsp3) is 0.263. The number of carbonyl (C=O) groups excluding carboxylic acids is 1. The molecule has 0 radical (unpaired) electrons. The van der Waals surface area contributed by atoms with Crippen LogP contribution < -0.4 is 5.32 Å². The average molecular weight is 356 g/mol. The standard InChI is InChI=1S/C19H20N2O5/c1-12-8-13(2)17(21(25)26)10-16(12)18(22)20-11-15(19(23)24)9-14-6-4-3-5-7-14/h3-8,10,15H,9,11H2,1-2H3,(H,20,22)(H,23,24). The number of benzene rings is 2. The third-order valence-electron chi connectivity index (χ3n) is 4.17. The van der Waals surface area contributed by atoms with Gasteiger partial charge >= 0.3 is 5.97 Å². The Bertz CT molecular complexity index is 833. The zero-order valence-corrected chi connectivity index (χ0v) is 14.6. The first kappa shape index (κ1) is 19.1. The lowest BCUT2D eigenvalue weighted by atomic mass is 9.98. The van der Waals surface area contributed by atoms with Crippen LogP contribution in [-0.4, -0.2) is 28.5 Å². The van der Waals surface area contributed by atoms with E-state index in [1.165, 1.54) is 6.07 Å². The molecule has 2 N–H and O–H groups in total. The number of carboxylic acid groups (broad SMARTS) is 1. The summed E-state index contributed by atoms with van der Waals surface area (Å²) in [6.45, 7) is 3.22. The van der Waals surface area contributed by atoms with E-state index in [4.69, 9.17) is 0 Å². The number of rotatable bonds is 7. The van der Waals surface area contributed by atoms with Crippen LogP contribution in [0.3, 0.4) is 0 Å². The number of hydrogen-bond acceptors (Lipinski definition) is 4. The van der Waals surface area contributed by atoms with Gasteiger partial charge in [-0.1, -0.05) is 30.3 Å². The molecule has 0 spiro atoms. The van der Waals surface area contributed by atoms with Crippen molar-refractivity contribution in [2.24, 2.45) is 5.92 Å². The highest BCUT2D eigenvalue weighted by Crippen LogP contribution is 2.22. The first-order valence-electron chi connectivity index (χ1n) is 8.10. The highest BCUT2D eigenvalue weighted by Gasteiger charge is 2.22. The molecule has 1 atom stereocenters. The second-order valence-corrected chi connectivity index (χ2v) is 6.15. The Balaban J connectivity index is 2.12. The van der Waals surface area contributed by atoms with E-state index in [1.807, 2.05) is 30.3 Å². The van der Waals surface area contributed by atoms with Gasteiger partial charge in [0.15, 0.2) is 0 Å². The van der Waals surface area contributed by atoms with Crippen molar-refractivity contribution in [3.05, 3.63) is 74.8 Å². The molecule has 1 unspecified atom stereocenters. The number of nitrogens with zero attached hydrogens (tertiary/aromatic N) is 1. The molecule has 0 aliphatic carbocycles. The van der Waals surface area contributed by atoms with Gasteiger partial charge in [0.25, 0.3) is 11.6 Å². The number of carbonyl (C=O) groups is 2. The maximum Gasteiger partial charge on any atom is 0.308 e. The summed E-state index contributed by atoms with van der Waals surface area (Å²) in [5.41, 5.74) is 1.96. The first-order chi connectivity index (χ1) is 12.3. The quantitative estimate of drug-likeness (QED) is 0.585. The third-order valence-corrected chi connectivity index (χ3v) is 4.17. The molecule has 136 valence electrons. The number of nitro groups is 1. The van der Waals surface area contributed by atoms with E-state index in [1.54, 1.807) is 19.9 Å². The van der Waals surface area contributed by atoms with Crippen LogP contribution in [0.5, 0.6) is 0 Å². The van der Waals surface area contributed by atoms with Gasteiger partial charge in [0.05, 0.1) is 10.8 Å². The van der Waals surface area contributed by atoms with E-state index >= 15 is 0 Å². The van der Waals surface area contributed by atoms with Crippen molar-refractivity contribution in [2.75, 3.05) is 6.54 Å². The van der Waals surface area contributed by atoms with Gasteiger partial charge in [-0.15, -0.1) is 0 Å². The first-order valence-corrected chi connectivity index (χ1v) is 8.10. The summed E-state index contributed by atoms with van der Waals surface area (Å²) in [5, 5.41) is 23.0. The van der Waals surface area contributed by atoms with Gasteiger partial charge < -0.3 is 10.4 Å². The number of nitrogens with one attached hydrogen (secondary N) is 1. The van der Waals surface area contributed by atoms with E-state index in [0.29, 0.717) is 11.1 Å². The monoisotopic (exact) mass is 356 g/mol. The summed E-state index contributed by atoms with van der Waals surface area (Å²) in [7, 11) is 0. The molecule has 0 saturated carbocycles. The molecule has 0 saturated heterocycles. The van der Waals surface area contributed by atoms with E-state index in [2.05, 4.69) is 5.32 Å². The van der Waals surface area contributed by atoms with Crippen LogP contribution in [-0.2, 0) is 11.2 Å². The van der Waals surface area contributed by atoms with Crippen LogP contribution in [0, 0.1) is 29.9 Å². The maximum absolute atomic E-state index is 12.4. The zero-order valence-electron chi connectivity index (χ0n) is 14.6. The molecular weight excluding hydrogens is 336 g/mol. The molecule has 0 aliphatic heterocycles. The lowest BCUT2D eigenvalue weighted by Gasteiger charge is -2.14. The normalized spacial score (nSPS) is 11.6. The molecule has 0 bridgehead atoms. The highest BCUT2D eigenvalue weighted by atomic mass is 16.6. The molecular formula is C19H20N2O5. The largest absolute Gasteiger partial charge is 0.481 e. The summed E-state index contributed by atoms with van der Waals surface area (Å²) in [6.07, 6.45) is 0.281. The highest BCUT2D eigenvalue weighted by molar-refractivity contribution is 5.96. The molecule has 1 amide bonds. The van der Waals surface area contributed by atoms with Crippen molar-refractivity contribution in [1.82, 2.24) is 5.32 Å². The zero-order chi connectivity index (χ0) is 19.3. The number of aliphatic carboxylic acids is 1. The van der Waals surface area contributed by atoms with Crippen molar-refractivity contribution in [3.8, 4) is 0 Å². The van der Waals surface area contributed by atoms with E-state index < -0.39 is 22.7 Å². The van der Waals surface area contributed by atoms with Gasteiger partial charge in [-0.3, -0.25) is 19.7 Å². The Morgan fingerprint density at radius 2 is 1.81 bits per heavy atom. The molecule has 0 heterocycles. The van der Waals surface area contributed by atoms with E-state index in [9.17, 15) is 24.8 Å². The number of carboxylic acids is 1. The summed E-state index contributed by atoms with van der Waals surface area (Å²) >= 11 is 0. The Morgan fingerprint density at radius 1 is 1.15 bits per heavy atom. The van der Waals surface area contributed by atoms with Gasteiger partial charge in [-0.2, -0.15) is 0 Å². The predicted octanol–water partition coefficient (Wildman–Crippen LogP) is 2.88. The van der Waals surface area contributed by atoms with E-state index in [0.717, 1.165) is 5.56 Å². The average Bonchev–Trinajstić information content (AvgIpc) is 2.58. The summed E-state index contributed by atoms with van der Waals surface area (Å²) in [5.74, 6) is -2.33. The minimum atomic E-state index is -1.01. The Morgan fingerprint density at radius 3 is 2.38 bits per heavy atom. The van der Waals surface area contributed by atoms with Crippen LogP contribution in [0.15, 0.2) is 42.5 Å². The number of nitro benzene ring substituents is 1. The third kappa shape index (κ3) is 4.66. The Labute approximate surface area is 150 Å².